The molecule has 0 radical (unpaired) electrons. The maximum absolute atomic E-state index is 12.3. The molecule has 2 rings (SSSR count). The average Bonchev–Trinajstić information content (AvgIpc) is 2.73. The van der Waals surface area contributed by atoms with Crippen LogP contribution in [0.4, 0.5) is 5.69 Å². The summed E-state index contributed by atoms with van der Waals surface area (Å²) in [6, 6.07) is 5.25. The molecule has 0 aliphatic carbocycles. The summed E-state index contributed by atoms with van der Waals surface area (Å²) in [6.07, 6.45) is 1.78. The second-order valence-corrected chi connectivity index (χ2v) is 5.08. The number of hydrogen-bond donors (Lipinski definition) is 2. The highest BCUT2D eigenvalue weighted by atomic mass is 35.5. The van der Waals surface area contributed by atoms with Crippen molar-refractivity contribution in [3.63, 3.8) is 0 Å². The molecule has 0 saturated heterocycles. The molecule has 0 aliphatic heterocycles. The zero-order valence-corrected chi connectivity index (χ0v) is 13.5. The number of carbonyl (C=O) groups excluding carboxylic acids is 1. The number of anilines is 1. The molecule has 0 bridgehead atoms. The van der Waals surface area contributed by atoms with E-state index in [0.29, 0.717) is 11.3 Å². The molecule has 1 amide bonds. The van der Waals surface area contributed by atoms with Crippen molar-refractivity contribution in [1.82, 2.24) is 15.1 Å². The van der Waals surface area contributed by atoms with Crippen LogP contribution in [0.1, 0.15) is 40.1 Å². The molecule has 1 heterocycles. The first kappa shape index (κ1) is 17.0. The van der Waals surface area contributed by atoms with E-state index in [1.54, 1.807) is 23.0 Å². The predicted octanol–water partition coefficient (Wildman–Crippen LogP) is 2.53. The molecule has 6 heteroatoms. The van der Waals surface area contributed by atoms with Crippen molar-refractivity contribution in [3.8, 4) is 0 Å². The monoisotopic (exact) mass is 308 g/mol. The highest BCUT2D eigenvalue weighted by molar-refractivity contribution is 5.96. The number of hydrogen-bond acceptors (Lipinski definition) is 3. The summed E-state index contributed by atoms with van der Waals surface area (Å²) in [5.41, 5.74) is 9.91. The van der Waals surface area contributed by atoms with Crippen molar-refractivity contribution in [2.24, 2.45) is 7.05 Å². The number of carbonyl (C=O) groups is 1. The molecule has 0 fully saturated rings. The lowest BCUT2D eigenvalue weighted by molar-refractivity contribution is 0.0939. The van der Waals surface area contributed by atoms with Gasteiger partial charge >= 0.3 is 0 Å². The highest BCUT2D eigenvalue weighted by Gasteiger charge is 2.16. The fraction of sp³-hybridized carbons (Fsp3) is 0.333. The van der Waals surface area contributed by atoms with Gasteiger partial charge < -0.3 is 11.1 Å². The van der Waals surface area contributed by atoms with E-state index in [-0.39, 0.29) is 24.4 Å². The van der Waals surface area contributed by atoms with Crippen molar-refractivity contribution < 1.29 is 4.79 Å². The standard InChI is InChI=1S/C15H20N4O.ClH/c1-9-5-6-12(16)7-13(9)15(20)18-10(2)14-8-17-19(4)11(14)3;/h5-8,10H,16H2,1-4H3,(H,18,20);1H. The molecular formula is C15H21ClN4O. The maximum Gasteiger partial charge on any atom is 0.252 e. The smallest absolute Gasteiger partial charge is 0.252 e. The van der Waals surface area contributed by atoms with Crippen molar-refractivity contribution in [2.75, 3.05) is 5.73 Å². The summed E-state index contributed by atoms with van der Waals surface area (Å²) in [7, 11) is 1.88. The van der Waals surface area contributed by atoms with E-state index in [1.165, 1.54) is 0 Å². The number of rotatable bonds is 3. The molecule has 1 atom stereocenters. The van der Waals surface area contributed by atoms with Crippen LogP contribution in [0.2, 0.25) is 0 Å². The lowest BCUT2D eigenvalue weighted by atomic mass is 10.1. The van der Waals surface area contributed by atoms with Gasteiger partial charge in [0.15, 0.2) is 0 Å². The summed E-state index contributed by atoms with van der Waals surface area (Å²) >= 11 is 0. The Hall–Kier alpha value is -2.01. The Morgan fingerprint density at radius 1 is 1.38 bits per heavy atom. The van der Waals surface area contributed by atoms with Gasteiger partial charge in [-0.3, -0.25) is 9.48 Å². The predicted molar refractivity (Wildman–Crippen MR) is 86.7 cm³/mol. The van der Waals surface area contributed by atoms with Gasteiger partial charge in [0.05, 0.1) is 12.2 Å². The molecule has 114 valence electrons. The number of nitrogen functional groups attached to an aromatic ring is 1. The number of aryl methyl sites for hydroxylation is 2. The third kappa shape index (κ3) is 3.55. The van der Waals surface area contributed by atoms with Gasteiger partial charge in [-0.2, -0.15) is 5.10 Å². The molecule has 1 unspecified atom stereocenters. The van der Waals surface area contributed by atoms with Gasteiger partial charge in [-0.15, -0.1) is 12.4 Å². The molecule has 0 spiro atoms. The van der Waals surface area contributed by atoms with Crippen LogP contribution >= 0.6 is 12.4 Å². The summed E-state index contributed by atoms with van der Waals surface area (Å²) in [5, 5.41) is 7.18. The van der Waals surface area contributed by atoms with Crippen LogP contribution in [0.3, 0.4) is 0 Å². The number of amides is 1. The Labute approximate surface area is 130 Å². The number of aromatic nitrogens is 2. The fourth-order valence-corrected chi connectivity index (χ4v) is 2.18. The first-order valence-electron chi connectivity index (χ1n) is 6.55. The maximum atomic E-state index is 12.3. The summed E-state index contributed by atoms with van der Waals surface area (Å²) in [5.74, 6) is -0.120. The van der Waals surface area contributed by atoms with Gasteiger partial charge in [0.25, 0.3) is 5.91 Å². The van der Waals surface area contributed by atoms with Crippen LogP contribution in [0.5, 0.6) is 0 Å². The van der Waals surface area contributed by atoms with Crippen molar-refractivity contribution in [1.29, 1.82) is 0 Å². The second-order valence-electron chi connectivity index (χ2n) is 5.08. The number of nitrogens with one attached hydrogen (secondary N) is 1. The van der Waals surface area contributed by atoms with Gasteiger partial charge in [0.2, 0.25) is 0 Å². The molecule has 5 nitrogen and oxygen atoms in total. The number of nitrogens with two attached hydrogens (primary N) is 1. The first-order chi connectivity index (χ1) is 9.40. The largest absolute Gasteiger partial charge is 0.399 e. The Morgan fingerprint density at radius 3 is 2.62 bits per heavy atom. The molecular weight excluding hydrogens is 288 g/mol. The minimum Gasteiger partial charge on any atom is -0.399 e. The van der Waals surface area contributed by atoms with Crippen LogP contribution in [0, 0.1) is 13.8 Å². The van der Waals surface area contributed by atoms with Crippen molar-refractivity contribution >= 4 is 24.0 Å². The molecule has 0 aliphatic rings. The first-order valence-corrected chi connectivity index (χ1v) is 6.55. The number of nitrogens with zero attached hydrogens (tertiary/aromatic N) is 2. The van der Waals surface area contributed by atoms with E-state index in [2.05, 4.69) is 10.4 Å². The Kier molecular flexibility index (Phi) is 5.38. The van der Waals surface area contributed by atoms with Crippen LogP contribution < -0.4 is 11.1 Å². The topological polar surface area (TPSA) is 72.9 Å². The Morgan fingerprint density at radius 2 is 2.05 bits per heavy atom. The van der Waals surface area contributed by atoms with Crippen LogP contribution in [0.25, 0.3) is 0 Å². The highest BCUT2D eigenvalue weighted by Crippen LogP contribution is 2.18. The van der Waals surface area contributed by atoms with E-state index in [1.807, 2.05) is 33.9 Å². The van der Waals surface area contributed by atoms with E-state index < -0.39 is 0 Å². The van der Waals surface area contributed by atoms with Crippen molar-refractivity contribution in [2.45, 2.75) is 26.8 Å². The summed E-state index contributed by atoms with van der Waals surface area (Å²) in [4.78, 5) is 12.3. The van der Waals surface area contributed by atoms with E-state index >= 15 is 0 Å². The Balaban J connectivity index is 0.00000220. The molecule has 21 heavy (non-hydrogen) atoms. The normalized spacial score (nSPS) is 11.6. The van der Waals surface area contributed by atoms with Crippen LogP contribution in [-0.2, 0) is 7.05 Å². The van der Waals surface area contributed by atoms with Crippen LogP contribution in [-0.4, -0.2) is 15.7 Å². The Bertz CT molecular complexity index is 651. The van der Waals surface area contributed by atoms with Gasteiger partial charge in [-0.25, -0.2) is 0 Å². The average molecular weight is 309 g/mol. The quantitative estimate of drug-likeness (QED) is 0.856. The lowest BCUT2D eigenvalue weighted by Crippen LogP contribution is -2.27. The fourth-order valence-electron chi connectivity index (χ4n) is 2.18. The summed E-state index contributed by atoms with van der Waals surface area (Å²) in [6.45, 7) is 5.83. The van der Waals surface area contributed by atoms with E-state index in [9.17, 15) is 4.79 Å². The van der Waals surface area contributed by atoms with Crippen LogP contribution in [0.15, 0.2) is 24.4 Å². The van der Waals surface area contributed by atoms with E-state index in [4.69, 9.17) is 5.73 Å². The summed E-state index contributed by atoms with van der Waals surface area (Å²) < 4.78 is 1.80. The number of benzene rings is 1. The van der Waals surface area contributed by atoms with Gasteiger partial charge in [-0.05, 0) is 38.5 Å². The molecule has 2 aromatic rings. The number of halogens is 1. The zero-order chi connectivity index (χ0) is 14.9. The molecule has 1 aromatic heterocycles. The second kappa shape index (κ2) is 6.63. The van der Waals surface area contributed by atoms with Crippen molar-refractivity contribution in [3.05, 3.63) is 46.8 Å². The minimum atomic E-state index is -0.120. The SMILES string of the molecule is Cc1ccc(N)cc1C(=O)NC(C)c1cnn(C)c1C.Cl. The van der Waals surface area contributed by atoms with Gasteiger partial charge in [-0.1, -0.05) is 6.07 Å². The molecule has 0 saturated carbocycles. The third-order valence-corrected chi connectivity index (χ3v) is 3.59. The van der Waals surface area contributed by atoms with Gasteiger partial charge in [0.1, 0.15) is 0 Å². The lowest BCUT2D eigenvalue weighted by Gasteiger charge is -2.15. The molecule has 1 aromatic carbocycles. The minimum absolute atomic E-state index is 0. The zero-order valence-electron chi connectivity index (χ0n) is 12.7. The van der Waals surface area contributed by atoms with E-state index in [0.717, 1.165) is 16.8 Å². The third-order valence-electron chi connectivity index (χ3n) is 3.59. The molecule has 3 N–H and O–H groups in total. The van der Waals surface area contributed by atoms with Gasteiger partial charge in [0, 0.05) is 29.6 Å².